The van der Waals surface area contributed by atoms with E-state index in [-0.39, 0.29) is 18.7 Å². The monoisotopic (exact) mass is 283 g/mol. The Hall–Kier alpha value is -2.49. The molecule has 21 heavy (non-hydrogen) atoms. The first kappa shape index (κ1) is 13.5. The average Bonchev–Trinajstić information content (AvgIpc) is 2.90. The molecule has 0 bridgehead atoms. The van der Waals surface area contributed by atoms with Gasteiger partial charge in [0.05, 0.1) is 5.56 Å². The molecule has 1 aliphatic rings. The van der Waals surface area contributed by atoms with Gasteiger partial charge in [-0.3, -0.25) is 0 Å². The zero-order valence-corrected chi connectivity index (χ0v) is 11.8. The lowest BCUT2D eigenvalue weighted by molar-refractivity contribution is 0.0346. The quantitative estimate of drug-likeness (QED) is 0.695. The van der Waals surface area contributed by atoms with Crippen LogP contribution in [0.2, 0.25) is 0 Å². The van der Waals surface area contributed by atoms with Gasteiger partial charge in [-0.2, -0.15) is 0 Å². The Balaban J connectivity index is 1.61. The number of fused-ring (bicyclic) bond motifs is 1. The van der Waals surface area contributed by atoms with E-state index >= 15 is 0 Å². The van der Waals surface area contributed by atoms with Crippen LogP contribution in [-0.2, 0) is 11.2 Å². The average molecular weight is 283 g/mol. The van der Waals surface area contributed by atoms with Crippen molar-refractivity contribution in [2.75, 3.05) is 12.3 Å². The molecule has 0 spiro atoms. The summed E-state index contributed by atoms with van der Waals surface area (Å²) in [6, 6.07) is 13.1. The minimum Gasteiger partial charge on any atom is -0.486 e. The van der Waals surface area contributed by atoms with Crippen molar-refractivity contribution in [3.05, 3.63) is 59.2 Å². The zero-order chi connectivity index (χ0) is 14.8. The van der Waals surface area contributed by atoms with Crippen LogP contribution in [0, 0.1) is 6.92 Å². The normalized spacial score (nSPS) is 16.1. The second kappa shape index (κ2) is 5.48. The van der Waals surface area contributed by atoms with Gasteiger partial charge in [-0.05, 0) is 36.2 Å². The smallest absolute Gasteiger partial charge is 0.338 e. The lowest BCUT2D eigenvalue weighted by Crippen LogP contribution is -2.23. The largest absolute Gasteiger partial charge is 0.486 e. The van der Waals surface area contributed by atoms with E-state index in [2.05, 4.69) is 0 Å². The van der Waals surface area contributed by atoms with E-state index in [1.165, 1.54) is 0 Å². The molecule has 3 rings (SSSR count). The molecule has 4 nitrogen and oxygen atoms in total. The summed E-state index contributed by atoms with van der Waals surface area (Å²) in [4.78, 5) is 12.1. The van der Waals surface area contributed by atoms with Gasteiger partial charge in [0.1, 0.15) is 18.5 Å². The molecule has 2 aromatic rings. The summed E-state index contributed by atoms with van der Waals surface area (Å²) in [5.41, 5.74) is 8.77. The minimum absolute atomic E-state index is 0.118. The van der Waals surface area contributed by atoms with Crippen LogP contribution in [0.25, 0.3) is 0 Å². The van der Waals surface area contributed by atoms with Crippen LogP contribution in [0.3, 0.4) is 0 Å². The van der Waals surface area contributed by atoms with Crippen molar-refractivity contribution in [2.45, 2.75) is 19.4 Å². The highest BCUT2D eigenvalue weighted by molar-refractivity contribution is 5.92. The molecule has 0 fully saturated rings. The summed E-state index contributed by atoms with van der Waals surface area (Å²) in [6.07, 6.45) is 0.645. The first-order valence-electron chi connectivity index (χ1n) is 6.91. The molecular weight excluding hydrogens is 266 g/mol. The standard InChI is InChI=1S/C17H17NO3/c1-11-6-7-13(18)9-15(11)17(19)20-10-14-8-12-4-2-3-5-16(12)21-14/h2-7,9,14H,8,10,18H2,1H3. The Bertz CT molecular complexity index is 656. The topological polar surface area (TPSA) is 61.6 Å². The molecule has 0 amide bonds. The first-order chi connectivity index (χ1) is 10.1. The van der Waals surface area contributed by atoms with Crippen molar-refractivity contribution >= 4 is 11.7 Å². The number of aryl methyl sites for hydroxylation is 1. The summed E-state index contributed by atoms with van der Waals surface area (Å²) in [7, 11) is 0. The Morgan fingerprint density at radius 1 is 1.33 bits per heavy atom. The summed E-state index contributed by atoms with van der Waals surface area (Å²) in [5, 5.41) is 0. The number of esters is 1. The Morgan fingerprint density at radius 3 is 2.95 bits per heavy atom. The van der Waals surface area contributed by atoms with Crippen LogP contribution in [0.15, 0.2) is 42.5 Å². The van der Waals surface area contributed by atoms with Crippen LogP contribution < -0.4 is 10.5 Å². The van der Waals surface area contributed by atoms with E-state index in [0.29, 0.717) is 11.3 Å². The number of carbonyl (C=O) groups is 1. The molecule has 0 aromatic heterocycles. The molecule has 0 aliphatic carbocycles. The number of carbonyl (C=O) groups excluding carboxylic acids is 1. The van der Waals surface area contributed by atoms with Gasteiger partial charge in [-0.25, -0.2) is 4.79 Å². The molecule has 108 valence electrons. The molecule has 0 saturated heterocycles. The van der Waals surface area contributed by atoms with Gasteiger partial charge in [-0.1, -0.05) is 24.3 Å². The molecule has 0 saturated carbocycles. The van der Waals surface area contributed by atoms with Gasteiger partial charge in [0.2, 0.25) is 0 Å². The molecule has 4 heteroatoms. The summed E-state index contributed by atoms with van der Waals surface area (Å²) in [6.45, 7) is 2.10. The molecule has 1 atom stereocenters. The Kier molecular flexibility index (Phi) is 3.52. The number of ether oxygens (including phenoxy) is 2. The number of anilines is 1. The second-order valence-electron chi connectivity index (χ2n) is 5.22. The molecule has 1 aliphatic heterocycles. The van der Waals surface area contributed by atoms with Crippen molar-refractivity contribution < 1.29 is 14.3 Å². The van der Waals surface area contributed by atoms with E-state index in [1.54, 1.807) is 12.1 Å². The number of nitrogens with two attached hydrogens (primary N) is 1. The number of nitrogen functional groups attached to an aromatic ring is 1. The number of para-hydroxylation sites is 1. The maximum absolute atomic E-state index is 12.1. The van der Waals surface area contributed by atoms with Gasteiger partial charge in [0.25, 0.3) is 0 Å². The predicted molar refractivity (Wildman–Crippen MR) is 80.4 cm³/mol. The molecular formula is C17H17NO3. The molecule has 2 N–H and O–H groups in total. The van der Waals surface area contributed by atoms with E-state index in [4.69, 9.17) is 15.2 Å². The Morgan fingerprint density at radius 2 is 2.14 bits per heavy atom. The third kappa shape index (κ3) is 2.84. The van der Waals surface area contributed by atoms with Crippen LogP contribution in [0.5, 0.6) is 5.75 Å². The fourth-order valence-electron chi connectivity index (χ4n) is 2.45. The predicted octanol–water partition coefficient (Wildman–Crippen LogP) is 2.74. The summed E-state index contributed by atoms with van der Waals surface area (Å²) < 4.78 is 11.1. The highest BCUT2D eigenvalue weighted by Gasteiger charge is 2.24. The maximum Gasteiger partial charge on any atom is 0.338 e. The van der Waals surface area contributed by atoms with E-state index < -0.39 is 0 Å². The van der Waals surface area contributed by atoms with E-state index in [1.807, 2.05) is 37.3 Å². The SMILES string of the molecule is Cc1ccc(N)cc1C(=O)OCC1Cc2ccccc2O1. The third-order valence-corrected chi connectivity index (χ3v) is 3.60. The highest BCUT2D eigenvalue weighted by Crippen LogP contribution is 2.28. The van der Waals surface area contributed by atoms with Gasteiger partial charge in [-0.15, -0.1) is 0 Å². The molecule has 2 aromatic carbocycles. The maximum atomic E-state index is 12.1. The number of hydrogen-bond donors (Lipinski definition) is 1. The number of hydrogen-bond acceptors (Lipinski definition) is 4. The van der Waals surface area contributed by atoms with Crippen molar-refractivity contribution in [1.29, 1.82) is 0 Å². The fourth-order valence-corrected chi connectivity index (χ4v) is 2.45. The van der Waals surface area contributed by atoms with Crippen LogP contribution in [0.4, 0.5) is 5.69 Å². The fraction of sp³-hybridized carbons (Fsp3) is 0.235. The van der Waals surface area contributed by atoms with Gasteiger partial charge < -0.3 is 15.2 Å². The number of rotatable bonds is 3. The van der Waals surface area contributed by atoms with Gasteiger partial charge in [0, 0.05) is 12.1 Å². The van der Waals surface area contributed by atoms with Crippen LogP contribution >= 0.6 is 0 Å². The van der Waals surface area contributed by atoms with Gasteiger partial charge in [0.15, 0.2) is 0 Å². The molecule has 0 radical (unpaired) electrons. The molecule has 1 unspecified atom stereocenters. The summed E-state index contributed by atoms with van der Waals surface area (Å²) in [5.74, 6) is 0.512. The zero-order valence-electron chi connectivity index (χ0n) is 11.8. The van der Waals surface area contributed by atoms with Gasteiger partial charge >= 0.3 is 5.97 Å². The second-order valence-corrected chi connectivity index (χ2v) is 5.22. The van der Waals surface area contributed by atoms with E-state index in [0.717, 1.165) is 23.3 Å². The van der Waals surface area contributed by atoms with Crippen molar-refractivity contribution in [1.82, 2.24) is 0 Å². The Labute approximate surface area is 123 Å². The summed E-state index contributed by atoms with van der Waals surface area (Å²) >= 11 is 0. The van der Waals surface area contributed by atoms with Crippen molar-refractivity contribution in [3.8, 4) is 5.75 Å². The van der Waals surface area contributed by atoms with Crippen LogP contribution in [0.1, 0.15) is 21.5 Å². The highest BCUT2D eigenvalue weighted by atomic mass is 16.6. The van der Waals surface area contributed by atoms with Crippen molar-refractivity contribution in [3.63, 3.8) is 0 Å². The molecule has 1 heterocycles. The van der Waals surface area contributed by atoms with E-state index in [9.17, 15) is 4.79 Å². The van der Waals surface area contributed by atoms with Crippen LogP contribution in [-0.4, -0.2) is 18.7 Å². The third-order valence-electron chi connectivity index (χ3n) is 3.60. The lowest BCUT2D eigenvalue weighted by atomic mass is 10.1. The lowest BCUT2D eigenvalue weighted by Gasteiger charge is -2.12. The van der Waals surface area contributed by atoms with Crippen molar-refractivity contribution in [2.24, 2.45) is 0 Å². The minimum atomic E-state index is -0.362. The number of benzene rings is 2. The first-order valence-corrected chi connectivity index (χ1v) is 6.91.